The number of fused-ring (bicyclic) bond motifs is 1. The summed E-state index contributed by atoms with van der Waals surface area (Å²) in [6.07, 6.45) is 4.33. The van der Waals surface area contributed by atoms with E-state index >= 15 is 0 Å². The zero-order valence-electron chi connectivity index (χ0n) is 12.0. The number of hydrogen-bond donors (Lipinski definition) is 1. The molecule has 0 saturated carbocycles. The van der Waals surface area contributed by atoms with Crippen molar-refractivity contribution in [1.82, 2.24) is 5.32 Å². The van der Waals surface area contributed by atoms with E-state index in [2.05, 4.69) is 30.4 Å². The van der Waals surface area contributed by atoms with Crippen molar-refractivity contribution in [3.05, 3.63) is 29.3 Å². The van der Waals surface area contributed by atoms with Crippen molar-refractivity contribution in [3.63, 3.8) is 0 Å². The second-order valence-corrected chi connectivity index (χ2v) is 5.77. The van der Waals surface area contributed by atoms with Crippen molar-refractivity contribution in [2.75, 3.05) is 24.5 Å². The van der Waals surface area contributed by atoms with Crippen LogP contribution in [0.3, 0.4) is 0 Å². The van der Waals surface area contributed by atoms with E-state index in [1.807, 2.05) is 4.90 Å². The van der Waals surface area contributed by atoms with Gasteiger partial charge in [-0.3, -0.25) is 4.79 Å². The maximum Gasteiger partial charge on any atom is 0.231 e. The predicted molar refractivity (Wildman–Crippen MR) is 84.7 cm³/mol. The molecule has 1 aromatic rings. The van der Waals surface area contributed by atoms with Crippen molar-refractivity contribution in [1.29, 1.82) is 0 Å². The van der Waals surface area contributed by atoms with E-state index < -0.39 is 0 Å². The lowest BCUT2D eigenvalue weighted by Gasteiger charge is -2.34. The van der Waals surface area contributed by atoms with Gasteiger partial charge in [0.1, 0.15) is 0 Å². The Balaban J connectivity index is 0.00000147. The molecule has 20 heavy (non-hydrogen) atoms. The van der Waals surface area contributed by atoms with Gasteiger partial charge >= 0.3 is 0 Å². The molecule has 0 spiro atoms. The summed E-state index contributed by atoms with van der Waals surface area (Å²) in [6.45, 7) is 4.90. The summed E-state index contributed by atoms with van der Waals surface area (Å²) in [4.78, 5) is 14.7. The Labute approximate surface area is 127 Å². The molecule has 2 heterocycles. The monoisotopic (exact) mass is 294 g/mol. The molecular formula is C16H23ClN2O. The van der Waals surface area contributed by atoms with Crippen LogP contribution in [0.5, 0.6) is 0 Å². The molecule has 110 valence electrons. The number of rotatable bonds is 1. The first kappa shape index (κ1) is 15.3. The Bertz CT molecular complexity index is 483. The van der Waals surface area contributed by atoms with Gasteiger partial charge in [-0.25, -0.2) is 0 Å². The molecule has 1 fully saturated rings. The van der Waals surface area contributed by atoms with Gasteiger partial charge in [0.25, 0.3) is 0 Å². The number of piperidine rings is 1. The van der Waals surface area contributed by atoms with Gasteiger partial charge in [0.05, 0.1) is 5.92 Å². The van der Waals surface area contributed by atoms with E-state index in [0.29, 0.717) is 5.91 Å². The molecule has 1 saturated heterocycles. The molecule has 1 unspecified atom stereocenters. The Hall–Kier alpha value is -1.06. The van der Waals surface area contributed by atoms with Crippen LogP contribution in [0, 0.1) is 12.8 Å². The van der Waals surface area contributed by atoms with Crippen molar-refractivity contribution < 1.29 is 4.79 Å². The van der Waals surface area contributed by atoms with Gasteiger partial charge < -0.3 is 10.2 Å². The Kier molecular flexibility index (Phi) is 5.06. The lowest BCUT2D eigenvalue weighted by atomic mass is 9.94. The SMILES string of the molecule is Cc1ccc2c(c1)CCCN2C(=O)C1CCCNC1.Cl. The molecule has 1 atom stereocenters. The maximum atomic E-state index is 12.7. The first-order valence-corrected chi connectivity index (χ1v) is 7.37. The molecule has 4 heteroatoms. The van der Waals surface area contributed by atoms with E-state index in [1.165, 1.54) is 11.1 Å². The number of aryl methyl sites for hydroxylation is 2. The van der Waals surface area contributed by atoms with E-state index in [-0.39, 0.29) is 18.3 Å². The number of carbonyl (C=O) groups excluding carboxylic acids is 1. The van der Waals surface area contributed by atoms with Crippen molar-refractivity contribution in [3.8, 4) is 0 Å². The lowest BCUT2D eigenvalue weighted by Crippen LogP contribution is -2.45. The topological polar surface area (TPSA) is 32.3 Å². The number of anilines is 1. The van der Waals surface area contributed by atoms with Crippen LogP contribution in [0.15, 0.2) is 18.2 Å². The number of nitrogens with zero attached hydrogens (tertiary/aromatic N) is 1. The third-order valence-electron chi connectivity index (χ3n) is 4.27. The third-order valence-corrected chi connectivity index (χ3v) is 4.27. The van der Waals surface area contributed by atoms with Crippen molar-refractivity contribution in [2.24, 2.45) is 5.92 Å². The normalized spacial score (nSPS) is 21.9. The van der Waals surface area contributed by atoms with Crippen LogP contribution in [0.4, 0.5) is 5.69 Å². The number of hydrogen-bond acceptors (Lipinski definition) is 2. The van der Waals surface area contributed by atoms with Crippen LogP contribution in [0.1, 0.15) is 30.4 Å². The Morgan fingerprint density at radius 3 is 2.95 bits per heavy atom. The van der Waals surface area contributed by atoms with Crippen LogP contribution in [0.2, 0.25) is 0 Å². The second kappa shape index (κ2) is 6.59. The minimum absolute atomic E-state index is 0. The molecule has 1 N–H and O–H groups in total. The second-order valence-electron chi connectivity index (χ2n) is 5.77. The summed E-state index contributed by atoms with van der Waals surface area (Å²) in [5.41, 5.74) is 3.77. The number of amides is 1. The van der Waals surface area contributed by atoms with E-state index in [0.717, 1.165) is 51.0 Å². The molecule has 2 aliphatic heterocycles. The molecule has 1 amide bonds. The molecule has 3 rings (SSSR count). The Morgan fingerprint density at radius 2 is 2.20 bits per heavy atom. The maximum absolute atomic E-state index is 12.7. The van der Waals surface area contributed by atoms with Crippen LogP contribution >= 0.6 is 12.4 Å². The number of carbonyl (C=O) groups is 1. The third kappa shape index (κ3) is 2.99. The first-order chi connectivity index (χ1) is 9.25. The molecule has 1 aromatic carbocycles. The van der Waals surface area contributed by atoms with Gasteiger partial charge in [-0.05, 0) is 50.8 Å². The van der Waals surface area contributed by atoms with Gasteiger partial charge in [0.2, 0.25) is 5.91 Å². The van der Waals surface area contributed by atoms with E-state index in [4.69, 9.17) is 0 Å². The van der Waals surface area contributed by atoms with Crippen molar-refractivity contribution >= 4 is 24.0 Å². The Morgan fingerprint density at radius 1 is 1.35 bits per heavy atom. The van der Waals surface area contributed by atoms with Gasteiger partial charge in [0, 0.05) is 18.8 Å². The summed E-state index contributed by atoms with van der Waals surface area (Å²) in [6, 6.07) is 6.47. The highest BCUT2D eigenvalue weighted by Crippen LogP contribution is 2.30. The molecule has 2 aliphatic rings. The fourth-order valence-electron chi connectivity index (χ4n) is 3.24. The minimum Gasteiger partial charge on any atom is -0.316 e. The standard InChI is InChI=1S/C16H22N2O.ClH/c1-12-6-7-15-13(10-12)5-3-9-18(15)16(19)14-4-2-8-17-11-14;/h6-7,10,14,17H,2-5,8-9,11H2,1H3;1H. The smallest absolute Gasteiger partial charge is 0.231 e. The highest BCUT2D eigenvalue weighted by Gasteiger charge is 2.29. The van der Waals surface area contributed by atoms with Gasteiger partial charge in [-0.2, -0.15) is 0 Å². The fraction of sp³-hybridized carbons (Fsp3) is 0.562. The van der Waals surface area contributed by atoms with Gasteiger partial charge in [-0.1, -0.05) is 17.7 Å². The zero-order chi connectivity index (χ0) is 13.2. The van der Waals surface area contributed by atoms with Crippen LogP contribution < -0.4 is 10.2 Å². The fourth-order valence-corrected chi connectivity index (χ4v) is 3.24. The first-order valence-electron chi connectivity index (χ1n) is 7.37. The van der Waals surface area contributed by atoms with E-state index in [1.54, 1.807) is 0 Å². The molecule has 0 radical (unpaired) electrons. The summed E-state index contributed by atoms with van der Waals surface area (Å²) in [7, 11) is 0. The number of benzene rings is 1. The lowest BCUT2D eigenvalue weighted by molar-refractivity contribution is -0.122. The number of nitrogens with one attached hydrogen (secondary N) is 1. The van der Waals surface area contributed by atoms with Crippen LogP contribution in [-0.4, -0.2) is 25.5 Å². The van der Waals surface area contributed by atoms with Gasteiger partial charge in [-0.15, -0.1) is 12.4 Å². The van der Waals surface area contributed by atoms with Gasteiger partial charge in [0.15, 0.2) is 0 Å². The summed E-state index contributed by atoms with van der Waals surface area (Å²) < 4.78 is 0. The average molecular weight is 295 g/mol. The number of halogens is 1. The molecule has 0 bridgehead atoms. The highest BCUT2D eigenvalue weighted by atomic mass is 35.5. The highest BCUT2D eigenvalue weighted by molar-refractivity contribution is 5.96. The van der Waals surface area contributed by atoms with Crippen LogP contribution in [-0.2, 0) is 11.2 Å². The summed E-state index contributed by atoms with van der Waals surface area (Å²) in [5.74, 6) is 0.484. The zero-order valence-corrected chi connectivity index (χ0v) is 12.8. The molecule has 0 aliphatic carbocycles. The average Bonchev–Trinajstić information content (AvgIpc) is 2.46. The molecule has 3 nitrogen and oxygen atoms in total. The summed E-state index contributed by atoms with van der Waals surface area (Å²) >= 11 is 0. The quantitative estimate of drug-likeness (QED) is 0.864. The van der Waals surface area contributed by atoms with Crippen LogP contribution in [0.25, 0.3) is 0 Å². The largest absolute Gasteiger partial charge is 0.316 e. The minimum atomic E-state index is 0. The van der Waals surface area contributed by atoms with Crippen molar-refractivity contribution in [2.45, 2.75) is 32.6 Å². The predicted octanol–water partition coefficient (Wildman–Crippen LogP) is 2.70. The molecule has 0 aromatic heterocycles. The molecular weight excluding hydrogens is 272 g/mol. The van der Waals surface area contributed by atoms with E-state index in [9.17, 15) is 4.79 Å². The summed E-state index contributed by atoms with van der Waals surface area (Å²) in [5, 5.41) is 3.34.